The molecule has 13 nitrogen and oxygen atoms in total. The van der Waals surface area contributed by atoms with E-state index in [1.807, 2.05) is 86.6 Å². The van der Waals surface area contributed by atoms with Gasteiger partial charge in [0.25, 0.3) is 5.91 Å². The fourth-order valence-corrected chi connectivity index (χ4v) is 5.92. The van der Waals surface area contributed by atoms with Crippen LogP contribution in [0.4, 0.5) is 4.79 Å². The van der Waals surface area contributed by atoms with Crippen LogP contribution in [0.1, 0.15) is 55.5 Å². The van der Waals surface area contributed by atoms with E-state index in [1.54, 1.807) is 24.5 Å². The molecule has 282 valence electrons. The van der Waals surface area contributed by atoms with E-state index in [2.05, 4.69) is 31.0 Å². The largest absolute Gasteiger partial charge is 0.445 e. The van der Waals surface area contributed by atoms with Gasteiger partial charge < -0.3 is 25.5 Å². The highest BCUT2D eigenvalue weighted by Crippen LogP contribution is 2.20. The lowest BCUT2D eigenvalue weighted by Crippen LogP contribution is -2.58. The third-order valence-electron chi connectivity index (χ3n) is 8.86. The molecule has 0 aliphatic heterocycles. The molecule has 54 heavy (non-hydrogen) atoms. The maximum absolute atomic E-state index is 14.2. The molecule has 2 heterocycles. The first kappa shape index (κ1) is 39.1. The van der Waals surface area contributed by atoms with Gasteiger partial charge in [0.05, 0.1) is 25.4 Å². The van der Waals surface area contributed by atoms with Crippen molar-refractivity contribution in [1.82, 2.24) is 36.0 Å². The number of rotatable bonds is 17. The number of aliphatic hydroxyl groups is 1. The Kier molecular flexibility index (Phi) is 14.3. The van der Waals surface area contributed by atoms with Gasteiger partial charge in [0, 0.05) is 37.1 Å². The number of aromatic amines is 1. The van der Waals surface area contributed by atoms with Crippen LogP contribution >= 0.6 is 0 Å². The topological polar surface area (TPSA) is 179 Å². The number of hydrazine groups is 1. The van der Waals surface area contributed by atoms with Gasteiger partial charge in [-0.3, -0.25) is 24.8 Å². The van der Waals surface area contributed by atoms with Crippen molar-refractivity contribution < 1.29 is 29.0 Å². The number of pyridine rings is 1. The number of alkyl carbamates (subject to hydrolysis) is 1. The molecule has 0 unspecified atom stereocenters. The highest BCUT2D eigenvalue weighted by atomic mass is 16.5. The van der Waals surface area contributed by atoms with Crippen molar-refractivity contribution in [2.75, 3.05) is 0 Å². The summed E-state index contributed by atoms with van der Waals surface area (Å²) in [5, 5.41) is 19.2. The van der Waals surface area contributed by atoms with Crippen LogP contribution in [0.25, 0.3) is 10.8 Å². The first-order valence-corrected chi connectivity index (χ1v) is 18.0. The Hall–Kier alpha value is -6.08. The van der Waals surface area contributed by atoms with Crippen molar-refractivity contribution in [3.63, 3.8) is 0 Å². The average Bonchev–Trinajstić information content (AvgIpc) is 3.69. The number of amides is 4. The molecule has 0 fully saturated rings. The summed E-state index contributed by atoms with van der Waals surface area (Å²) in [6, 6.07) is 23.7. The molecule has 5 aromatic rings. The van der Waals surface area contributed by atoms with Crippen molar-refractivity contribution in [2.24, 2.45) is 5.92 Å². The van der Waals surface area contributed by atoms with Crippen LogP contribution in [-0.4, -0.2) is 67.1 Å². The summed E-state index contributed by atoms with van der Waals surface area (Å²) >= 11 is 0. The minimum atomic E-state index is -1.21. The summed E-state index contributed by atoms with van der Waals surface area (Å²) in [5.74, 6) is -1.48. The van der Waals surface area contributed by atoms with Crippen molar-refractivity contribution in [1.29, 1.82) is 0 Å². The molecule has 3 atom stereocenters. The number of ether oxygens (including phenoxy) is 1. The lowest BCUT2D eigenvalue weighted by Gasteiger charge is -2.28. The van der Waals surface area contributed by atoms with Crippen molar-refractivity contribution in [3.8, 4) is 0 Å². The second-order valence-corrected chi connectivity index (χ2v) is 13.6. The Morgan fingerprint density at radius 3 is 2.26 bits per heavy atom. The van der Waals surface area contributed by atoms with Crippen LogP contribution in [0, 0.1) is 5.92 Å². The third-order valence-corrected chi connectivity index (χ3v) is 8.86. The summed E-state index contributed by atoms with van der Waals surface area (Å²) in [7, 11) is 0. The zero-order chi connectivity index (χ0) is 38.3. The van der Waals surface area contributed by atoms with Crippen molar-refractivity contribution >= 4 is 34.6 Å². The van der Waals surface area contributed by atoms with Gasteiger partial charge in [0.15, 0.2) is 0 Å². The normalized spacial score (nSPS) is 12.7. The molecule has 0 aliphatic carbocycles. The Morgan fingerprint density at radius 2 is 1.52 bits per heavy atom. The molecular formula is C41H47N7O6. The summed E-state index contributed by atoms with van der Waals surface area (Å²) < 4.78 is 5.48. The zero-order valence-electron chi connectivity index (χ0n) is 30.5. The van der Waals surface area contributed by atoms with E-state index in [0.29, 0.717) is 23.6 Å². The second kappa shape index (κ2) is 19.7. The Bertz CT molecular complexity index is 1950. The SMILES string of the molecule is CC(C)CC[C@H](O)CC(=O)N(Cc1ccncc1)NC(=O)[C@H](Cc1cnc[nH]1)NC(=O)[C@@H](Cc1cccc2ccccc12)NC(=O)OCc1ccccc1. The summed E-state index contributed by atoms with van der Waals surface area (Å²) in [6.45, 7) is 4.06. The van der Waals surface area contributed by atoms with E-state index >= 15 is 0 Å². The third kappa shape index (κ3) is 12.0. The number of benzene rings is 3. The van der Waals surface area contributed by atoms with Crippen LogP contribution in [0.2, 0.25) is 0 Å². The van der Waals surface area contributed by atoms with E-state index < -0.39 is 42.0 Å². The number of imidazole rings is 1. The van der Waals surface area contributed by atoms with Gasteiger partial charge in [-0.1, -0.05) is 86.6 Å². The molecule has 0 saturated heterocycles. The van der Waals surface area contributed by atoms with E-state index in [0.717, 1.165) is 33.3 Å². The molecule has 0 radical (unpaired) electrons. The van der Waals surface area contributed by atoms with Gasteiger partial charge >= 0.3 is 6.09 Å². The average molecular weight is 734 g/mol. The first-order valence-electron chi connectivity index (χ1n) is 18.0. The maximum atomic E-state index is 14.2. The number of aromatic nitrogens is 3. The molecule has 5 N–H and O–H groups in total. The van der Waals surface area contributed by atoms with E-state index in [1.165, 1.54) is 12.5 Å². The van der Waals surface area contributed by atoms with Crippen LogP contribution in [0.15, 0.2) is 110 Å². The quantitative estimate of drug-likeness (QED) is 0.0849. The smallest absolute Gasteiger partial charge is 0.408 e. The maximum Gasteiger partial charge on any atom is 0.408 e. The monoisotopic (exact) mass is 733 g/mol. The Balaban J connectivity index is 1.38. The number of aliphatic hydroxyl groups excluding tert-OH is 1. The van der Waals surface area contributed by atoms with Gasteiger partial charge in [0.2, 0.25) is 11.8 Å². The second-order valence-electron chi connectivity index (χ2n) is 13.6. The molecule has 2 aromatic heterocycles. The van der Waals surface area contributed by atoms with Crippen LogP contribution in [-0.2, 0) is 45.1 Å². The summed E-state index contributed by atoms with van der Waals surface area (Å²) in [6.07, 6.45) is 5.46. The van der Waals surface area contributed by atoms with Gasteiger partial charge in [-0.15, -0.1) is 0 Å². The number of carbonyl (C=O) groups excluding carboxylic acids is 4. The predicted molar refractivity (Wildman–Crippen MR) is 203 cm³/mol. The molecule has 4 amide bonds. The van der Waals surface area contributed by atoms with Gasteiger partial charge in [-0.2, -0.15) is 0 Å². The van der Waals surface area contributed by atoms with Crippen LogP contribution in [0.3, 0.4) is 0 Å². The molecular weight excluding hydrogens is 686 g/mol. The minimum Gasteiger partial charge on any atom is -0.445 e. The van der Waals surface area contributed by atoms with E-state index in [-0.39, 0.29) is 32.4 Å². The fraction of sp³-hybridized carbons (Fsp3) is 0.317. The highest BCUT2D eigenvalue weighted by molar-refractivity contribution is 5.93. The van der Waals surface area contributed by atoms with E-state index in [4.69, 9.17) is 4.74 Å². The lowest BCUT2D eigenvalue weighted by molar-refractivity contribution is -0.145. The fourth-order valence-electron chi connectivity index (χ4n) is 5.92. The zero-order valence-corrected chi connectivity index (χ0v) is 30.5. The molecule has 13 heteroatoms. The number of carbonyl (C=O) groups is 4. The number of hydrogen-bond donors (Lipinski definition) is 5. The number of fused-ring (bicyclic) bond motifs is 1. The standard InChI is InChI=1S/C41H47N7O6/c1-28(2)15-16-34(49)23-38(50)48(25-29-17-19-42-20-18-29)47-40(52)37(22-33-24-43-27-44-33)45-39(51)36(46-41(53)54-26-30-9-4-3-5-10-30)21-32-13-8-12-31-11-6-7-14-35(31)32/h3-14,17-20,24,27-28,34,36-37,49H,15-16,21-23,25-26H2,1-2H3,(H,43,44)(H,45,51)(H,46,53)(H,47,52)/t34-,36+,37-/m0/s1. The van der Waals surface area contributed by atoms with Crippen molar-refractivity contribution in [2.45, 2.75) is 77.3 Å². The van der Waals surface area contributed by atoms with Gasteiger partial charge in [0.1, 0.15) is 18.7 Å². The van der Waals surface area contributed by atoms with Gasteiger partial charge in [-0.25, -0.2) is 14.8 Å². The predicted octanol–water partition coefficient (Wildman–Crippen LogP) is 4.77. The van der Waals surface area contributed by atoms with E-state index in [9.17, 15) is 24.3 Å². The molecule has 3 aromatic carbocycles. The Labute approximate surface area is 314 Å². The minimum absolute atomic E-state index is 0.00631. The molecule has 0 saturated carbocycles. The number of H-pyrrole nitrogens is 1. The van der Waals surface area contributed by atoms with Gasteiger partial charge in [-0.05, 0) is 58.4 Å². The molecule has 0 spiro atoms. The highest BCUT2D eigenvalue weighted by Gasteiger charge is 2.31. The van der Waals surface area contributed by atoms with Crippen molar-refractivity contribution in [3.05, 3.63) is 132 Å². The first-order chi connectivity index (χ1) is 26.1. The van der Waals surface area contributed by atoms with Crippen LogP contribution < -0.4 is 16.1 Å². The summed E-state index contributed by atoms with van der Waals surface area (Å²) in [5.41, 5.74) is 5.52. The molecule has 5 rings (SSSR count). The number of nitrogens with zero attached hydrogens (tertiary/aromatic N) is 3. The molecule has 0 aliphatic rings. The summed E-state index contributed by atoms with van der Waals surface area (Å²) in [4.78, 5) is 66.1. The number of nitrogens with one attached hydrogen (secondary N) is 4. The Morgan fingerprint density at radius 1 is 0.796 bits per heavy atom. The number of hydrogen-bond acceptors (Lipinski definition) is 8. The lowest BCUT2D eigenvalue weighted by atomic mass is 9.98. The molecule has 0 bridgehead atoms. The van der Waals surface area contributed by atoms with Crippen LogP contribution in [0.5, 0.6) is 0 Å².